The molecule has 5 heteroatoms. The second-order valence-electron chi connectivity index (χ2n) is 2.08. The lowest BCUT2D eigenvalue weighted by Crippen LogP contribution is -2.05. The van der Waals surface area contributed by atoms with E-state index in [0.29, 0.717) is 0 Å². The molecule has 0 saturated heterocycles. The molecule has 0 unspecified atom stereocenters. The van der Waals surface area contributed by atoms with Crippen LogP contribution in [0.3, 0.4) is 0 Å². The van der Waals surface area contributed by atoms with Gasteiger partial charge in [-0.05, 0) is 6.07 Å². The molecule has 0 aromatic carbocycles. The molecule has 1 heterocycles. The lowest BCUT2D eigenvalue weighted by Gasteiger charge is -2.06. The minimum Gasteiger partial charge on any atom is -0.481 e. The first kappa shape index (κ1) is 12.7. The highest BCUT2D eigenvalue weighted by atomic mass is 19.4. The standard InChI is InChI=1S/C7H6F3NO.C2H6/c1-12-6-4-5(2-3-11-6)7(8,9)10;1-2/h2-4H,1H3;1-2H3. The van der Waals surface area contributed by atoms with E-state index in [0.717, 1.165) is 18.3 Å². The van der Waals surface area contributed by atoms with E-state index >= 15 is 0 Å². The molecular formula is C9H12F3NO. The van der Waals surface area contributed by atoms with Gasteiger partial charge in [0, 0.05) is 12.3 Å². The fourth-order valence-corrected chi connectivity index (χ4v) is 0.697. The molecule has 14 heavy (non-hydrogen) atoms. The first-order valence-electron chi connectivity index (χ1n) is 4.11. The van der Waals surface area contributed by atoms with Crippen LogP contribution in [0.2, 0.25) is 0 Å². The Labute approximate surface area is 80.7 Å². The highest BCUT2D eigenvalue weighted by Gasteiger charge is 2.30. The maximum absolute atomic E-state index is 12.0. The third-order valence-electron chi connectivity index (χ3n) is 1.27. The van der Waals surface area contributed by atoms with Gasteiger partial charge in [0.2, 0.25) is 5.88 Å². The Hall–Kier alpha value is -1.26. The number of hydrogen-bond donors (Lipinski definition) is 0. The van der Waals surface area contributed by atoms with E-state index < -0.39 is 11.7 Å². The summed E-state index contributed by atoms with van der Waals surface area (Å²) in [7, 11) is 1.27. The molecule has 0 saturated carbocycles. The van der Waals surface area contributed by atoms with Gasteiger partial charge in [-0.25, -0.2) is 4.98 Å². The van der Waals surface area contributed by atoms with Crippen LogP contribution in [0.1, 0.15) is 19.4 Å². The number of halogens is 3. The molecule has 1 aromatic rings. The summed E-state index contributed by atoms with van der Waals surface area (Å²) in [5, 5.41) is 0. The zero-order valence-corrected chi connectivity index (χ0v) is 8.22. The number of methoxy groups -OCH3 is 1. The van der Waals surface area contributed by atoms with E-state index in [1.54, 1.807) is 0 Å². The number of rotatable bonds is 1. The van der Waals surface area contributed by atoms with Crippen molar-refractivity contribution < 1.29 is 17.9 Å². The van der Waals surface area contributed by atoms with Crippen LogP contribution in [0.15, 0.2) is 18.3 Å². The van der Waals surface area contributed by atoms with Gasteiger partial charge < -0.3 is 4.74 Å². The van der Waals surface area contributed by atoms with Crippen molar-refractivity contribution in [2.75, 3.05) is 7.11 Å². The summed E-state index contributed by atoms with van der Waals surface area (Å²) >= 11 is 0. The molecule has 0 aliphatic heterocycles. The summed E-state index contributed by atoms with van der Waals surface area (Å²) in [5.41, 5.74) is -0.755. The van der Waals surface area contributed by atoms with Gasteiger partial charge in [0.05, 0.1) is 12.7 Å². The predicted octanol–water partition coefficient (Wildman–Crippen LogP) is 3.14. The Kier molecular flexibility index (Phi) is 4.97. The van der Waals surface area contributed by atoms with Gasteiger partial charge in [-0.1, -0.05) is 13.8 Å². The quantitative estimate of drug-likeness (QED) is 0.705. The minimum atomic E-state index is -4.34. The van der Waals surface area contributed by atoms with Crippen molar-refractivity contribution in [2.45, 2.75) is 20.0 Å². The molecule has 80 valence electrons. The molecule has 0 radical (unpaired) electrons. The topological polar surface area (TPSA) is 22.1 Å². The third-order valence-corrected chi connectivity index (χ3v) is 1.27. The second kappa shape index (κ2) is 5.47. The SMILES string of the molecule is CC.COc1cc(C(F)(F)F)ccn1. The van der Waals surface area contributed by atoms with Crippen molar-refractivity contribution in [3.63, 3.8) is 0 Å². The predicted molar refractivity (Wildman–Crippen MR) is 47.1 cm³/mol. The fraction of sp³-hybridized carbons (Fsp3) is 0.444. The van der Waals surface area contributed by atoms with Gasteiger partial charge in [-0.2, -0.15) is 13.2 Å². The number of nitrogens with zero attached hydrogens (tertiary/aromatic N) is 1. The van der Waals surface area contributed by atoms with E-state index in [9.17, 15) is 13.2 Å². The van der Waals surface area contributed by atoms with E-state index in [4.69, 9.17) is 0 Å². The van der Waals surface area contributed by atoms with Gasteiger partial charge >= 0.3 is 6.18 Å². The van der Waals surface area contributed by atoms with Crippen LogP contribution < -0.4 is 4.74 Å². The molecule has 0 aliphatic rings. The van der Waals surface area contributed by atoms with Crippen molar-refractivity contribution in [1.29, 1.82) is 0 Å². The Morgan fingerprint density at radius 1 is 1.29 bits per heavy atom. The molecule has 0 bridgehead atoms. The second-order valence-corrected chi connectivity index (χ2v) is 2.08. The first-order chi connectivity index (χ1) is 6.54. The van der Waals surface area contributed by atoms with Crippen molar-refractivity contribution >= 4 is 0 Å². The van der Waals surface area contributed by atoms with Crippen LogP contribution in [0.4, 0.5) is 13.2 Å². The fourth-order valence-electron chi connectivity index (χ4n) is 0.697. The molecular weight excluding hydrogens is 195 g/mol. The summed E-state index contributed by atoms with van der Waals surface area (Å²) in [4.78, 5) is 3.55. The average Bonchev–Trinajstić information content (AvgIpc) is 2.20. The molecule has 1 aromatic heterocycles. The Morgan fingerprint density at radius 2 is 1.86 bits per heavy atom. The number of ether oxygens (including phenoxy) is 1. The van der Waals surface area contributed by atoms with E-state index in [1.807, 2.05) is 13.8 Å². The van der Waals surface area contributed by atoms with Gasteiger partial charge in [0.25, 0.3) is 0 Å². The maximum Gasteiger partial charge on any atom is 0.416 e. The van der Waals surface area contributed by atoms with Gasteiger partial charge in [-0.15, -0.1) is 0 Å². The molecule has 0 aliphatic carbocycles. The Bertz CT molecular complexity index is 273. The van der Waals surface area contributed by atoms with Crippen molar-refractivity contribution in [1.82, 2.24) is 4.98 Å². The van der Waals surface area contributed by atoms with Crippen LogP contribution in [-0.4, -0.2) is 12.1 Å². The average molecular weight is 207 g/mol. The lowest BCUT2D eigenvalue weighted by atomic mass is 10.2. The highest BCUT2D eigenvalue weighted by molar-refractivity contribution is 5.22. The number of hydrogen-bond acceptors (Lipinski definition) is 2. The van der Waals surface area contributed by atoms with Crippen LogP contribution in [0.25, 0.3) is 0 Å². The van der Waals surface area contributed by atoms with E-state index in [-0.39, 0.29) is 5.88 Å². The Morgan fingerprint density at radius 3 is 2.29 bits per heavy atom. The van der Waals surface area contributed by atoms with Crippen LogP contribution in [0.5, 0.6) is 5.88 Å². The van der Waals surface area contributed by atoms with Gasteiger partial charge in [0.15, 0.2) is 0 Å². The maximum atomic E-state index is 12.0. The van der Waals surface area contributed by atoms with Crippen molar-refractivity contribution in [3.05, 3.63) is 23.9 Å². The van der Waals surface area contributed by atoms with E-state index in [1.165, 1.54) is 7.11 Å². The summed E-state index contributed by atoms with van der Waals surface area (Å²) < 4.78 is 40.6. The zero-order valence-electron chi connectivity index (χ0n) is 8.22. The molecule has 0 atom stereocenters. The van der Waals surface area contributed by atoms with Crippen molar-refractivity contribution in [3.8, 4) is 5.88 Å². The van der Waals surface area contributed by atoms with Crippen LogP contribution in [-0.2, 0) is 6.18 Å². The van der Waals surface area contributed by atoms with Crippen molar-refractivity contribution in [2.24, 2.45) is 0 Å². The minimum absolute atomic E-state index is 0.0372. The van der Waals surface area contributed by atoms with Crippen LogP contribution in [0, 0.1) is 0 Å². The molecule has 2 nitrogen and oxygen atoms in total. The highest BCUT2D eigenvalue weighted by Crippen LogP contribution is 2.30. The smallest absolute Gasteiger partial charge is 0.416 e. The number of pyridine rings is 1. The molecule has 0 spiro atoms. The summed E-state index contributed by atoms with van der Waals surface area (Å²) in [5.74, 6) is -0.0372. The monoisotopic (exact) mass is 207 g/mol. The molecule has 0 amide bonds. The normalized spacial score (nSPS) is 10.1. The number of alkyl halides is 3. The zero-order chi connectivity index (χ0) is 11.2. The summed E-state index contributed by atoms with van der Waals surface area (Å²) in [6, 6.07) is 1.74. The third kappa shape index (κ3) is 3.64. The van der Waals surface area contributed by atoms with E-state index in [2.05, 4.69) is 9.72 Å². The van der Waals surface area contributed by atoms with Gasteiger partial charge in [-0.3, -0.25) is 0 Å². The summed E-state index contributed by atoms with van der Waals surface area (Å²) in [6.07, 6.45) is -3.28. The molecule has 0 N–H and O–H groups in total. The number of aromatic nitrogens is 1. The van der Waals surface area contributed by atoms with Crippen LogP contribution >= 0.6 is 0 Å². The van der Waals surface area contributed by atoms with Gasteiger partial charge in [0.1, 0.15) is 0 Å². The summed E-state index contributed by atoms with van der Waals surface area (Å²) in [6.45, 7) is 4.00. The Balaban J connectivity index is 0.000000791. The first-order valence-corrected chi connectivity index (χ1v) is 4.11. The molecule has 1 rings (SSSR count). The largest absolute Gasteiger partial charge is 0.481 e. The molecule has 0 fully saturated rings. The lowest BCUT2D eigenvalue weighted by molar-refractivity contribution is -0.137.